The van der Waals surface area contributed by atoms with Gasteiger partial charge >= 0.3 is 0 Å². The summed E-state index contributed by atoms with van der Waals surface area (Å²) in [5.41, 5.74) is 11.1. The highest BCUT2D eigenvalue weighted by atomic mass is 32.1. The van der Waals surface area contributed by atoms with Crippen LogP contribution < -0.4 is 0 Å². The smallest absolute Gasteiger partial charge is 0.143 e. The minimum absolute atomic E-state index is 0.816. The second-order valence-corrected chi connectivity index (χ2v) is 22.3. The van der Waals surface area contributed by atoms with E-state index >= 15 is 0 Å². The molecule has 12 rings (SSSR count). The van der Waals surface area contributed by atoms with Crippen molar-refractivity contribution in [1.29, 1.82) is 0 Å². The molecule has 24 heteroatoms. The Kier molecular flexibility index (Phi) is 9.82. The molecule has 0 atom stereocenters. The second kappa shape index (κ2) is 15.8. The van der Waals surface area contributed by atoms with Crippen molar-refractivity contribution in [2.75, 3.05) is 0 Å². The van der Waals surface area contributed by atoms with Crippen molar-refractivity contribution in [2.45, 2.75) is 0 Å². The summed E-state index contributed by atoms with van der Waals surface area (Å²) in [5, 5.41) is 33.7. The van der Waals surface area contributed by atoms with Crippen molar-refractivity contribution in [3.8, 4) is 118 Å². The molecule has 0 saturated heterocycles. The van der Waals surface area contributed by atoms with Crippen LogP contribution in [-0.2, 0) is 0 Å². The topological polar surface area (TPSA) is 155 Å². The van der Waals surface area contributed by atoms with E-state index in [0.29, 0.717) is 0 Å². The molecular weight excluding hydrogens is 985 g/mol. The summed E-state index contributed by atoms with van der Waals surface area (Å²) >= 11 is 18.7. The first-order valence-corrected chi connectivity index (χ1v) is 27.6. The van der Waals surface area contributed by atoms with Crippen LogP contribution in [0, 0.1) is 0 Å². The van der Waals surface area contributed by atoms with Gasteiger partial charge in [-0.1, -0.05) is 0 Å². The molecule has 12 heterocycles. The average molecular weight is 999 g/mol. The third kappa shape index (κ3) is 7.18. The van der Waals surface area contributed by atoms with E-state index in [9.17, 15) is 0 Å². The van der Waals surface area contributed by atoms with Crippen molar-refractivity contribution < 1.29 is 0 Å². The summed E-state index contributed by atoms with van der Waals surface area (Å²) in [6.07, 6.45) is 1.79. The second-order valence-electron chi connectivity index (χ2n) is 12.1. The standard InChI is InChI=1S/C36H14N12S12/c1-2-50-26(37-1)16-4-52-28(39-16)18-6-54-30(41-18)20-8-56-32(43-20)22-10-58-34(45-22)24-12-60-36(47-24)25-13-59-35(48-25)23-11-57-33(46-23)21-9-55-31(44-21)19-7-53-29(42-19)17-5-51-27(40-17)15-3-49-14-38-15/h1-14H. The third-order valence-corrected chi connectivity index (χ3v) is 18.3. The summed E-state index contributed by atoms with van der Waals surface area (Å²) in [6.45, 7) is 0. The highest BCUT2D eigenvalue weighted by Crippen LogP contribution is 2.40. The molecule has 12 nitrogen and oxygen atoms in total. The molecule has 290 valence electrons. The van der Waals surface area contributed by atoms with Crippen LogP contribution in [0.4, 0.5) is 0 Å². The quantitative estimate of drug-likeness (QED) is 0.121. The summed E-state index contributed by atoms with van der Waals surface area (Å²) in [4.78, 5) is 57.4. The fourth-order valence-corrected chi connectivity index (χ4v) is 15.2. The Hall–Kier alpha value is -4.44. The van der Waals surface area contributed by atoms with Gasteiger partial charge in [0.05, 0.1) is 5.51 Å². The SMILES string of the molecule is c1csc(-c2csc(-c3csc(-c4csc(-c5csc(-c6csc(-c7csc(-c8csc(-c9csc(-c%10csc(-c%11csc(-c%12cscn%12)n%11)n%10)n9)n8)n7)n6)n5)n4)n3)n2)n1. The fraction of sp³-hybridized carbons (Fsp3) is 0. The Morgan fingerprint density at radius 2 is 0.483 bits per heavy atom. The van der Waals surface area contributed by atoms with Crippen molar-refractivity contribution >= 4 is 136 Å². The van der Waals surface area contributed by atoms with E-state index < -0.39 is 0 Å². The Morgan fingerprint density at radius 3 is 0.700 bits per heavy atom. The zero-order valence-electron chi connectivity index (χ0n) is 29.3. The van der Waals surface area contributed by atoms with E-state index in [-0.39, 0.29) is 0 Å². The first-order valence-electron chi connectivity index (χ1n) is 17.0. The maximum absolute atomic E-state index is 4.93. The van der Waals surface area contributed by atoms with Gasteiger partial charge in [-0.2, -0.15) is 0 Å². The molecule has 0 amide bonds. The molecule has 0 saturated carbocycles. The van der Waals surface area contributed by atoms with Gasteiger partial charge in [-0.3, -0.25) is 0 Å². The van der Waals surface area contributed by atoms with Crippen molar-refractivity contribution in [2.24, 2.45) is 0 Å². The van der Waals surface area contributed by atoms with Crippen molar-refractivity contribution in [3.05, 3.63) is 76.3 Å². The maximum atomic E-state index is 4.93. The molecule has 0 aliphatic heterocycles. The summed E-state index contributed by atoms with van der Waals surface area (Å²) < 4.78 is 0. The highest BCUT2D eigenvalue weighted by molar-refractivity contribution is 7.19. The first-order chi connectivity index (χ1) is 29.6. The summed E-state index contributed by atoms with van der Waals surface area (Å²) in [6, 6.07) is 0. The van der Waals surface area contributed by atoms with Gasteiger partial charge in [0.2, 0.25) is 0 Å². The van der Waals surface area contributed by atoms with Gasteiger partial charge in [-0.05, 0) is 0 Å². The predicted octanol–water partition coefficient (Wildman–Crippen LogP) is 13.5. The van der Waals surface area contributed by atoms with Crippen molar-refractivity contribution in [1.82, 2.24) is 59.8 Å². The molecule has 0 fully saturated rings. The molecule has 0 unspecified atom stereocenters. The molecule has 0 aromatic carbocycles. The molecular formula is C36H14N12S12. The molecule has 12 aromatic rings. The summed E-state index contributed by atoms with van der Waals surface area (Å²) in [7, 11) is 0. The number of nitrogens with zero attached hydrogens (tertiary/aromatic N) is 12. The van der Waals surface area contributed by atoms with E-state index in [1.54, 1.807) is 142 Å². The zero-order valence-corrected chi connectivity index (χ0v) is 39.1. The lowest BCUT2D eigenvalue weighted by atomic mass is 10.4. The van der Waals surface area contributed by atoms with Crippen LogP contribution in [0.2, 0.25) is 0 Å². The zero-order chi connectivity index (χ0) is 39.6. The predicted molar refractivity (Wildman–Crippen MR) is 254 cm³/mol. The van der Waals surface area contributed by atoms with Crippen LogP contribution in [0.5, 0.6) is 0 Å². The molecule has 0 spiro atoms. The lowest BCUT2D eigenvalue weighted by Gasteiger charge is -1.91. The number of rotatable bonds is 11. The molecule has 60 heavy (non-hydrogen) atoms. The molecule has 0 aliphatic carbocycles. The Labute approximate surface area is 385 Å². The van der Waals surface area contributed by atoms with Crippen LogP contribution in [0.15, 0.2) is 76.3 Å². The van der Waals surface area contributed by atoms with E-state index in [1.165, 1.54) is 0 Å². The van der Waals surface area contributed by atoms with E-state index in [4.69, 9.17) is 49.8 Å². The van der Waals surface area contributed by atoms with E-state index in [2.05, 4.69) is 9.97 Å². The average Bonchev–Trinajstić information content (AvgIpc) is 4.14. The minimum atomic E-state index is 0.816. The largest absolute Gasteiger partial charge is 0.243 e. The molecule has 0 aliphatic rings. The molecule has 0 radical (unpaired) electrons. The molecule has 0 N–H and O–H groups in total. The third-order valence-electron chi connectivity index (χ3n) is 8.32. The minimum Gasteiger partial charge on any atom is -0.243 e. The van der Waals surface area contributed by atoms with Crippen LogP contribution >= 0.6 is 136 Å². The van der Waals surface area contributed by atoms with Crippen LogP contribution in [0.25, 0.3) is 118 Å². The Balaban J connectivity index is 0.709. The van der Waals surface area contributed by atoms with Crippen LogP contribution in [0.1, 0.15) is 0 Å². The number of hydrogen-bond donors (Lipinski definition) is 0. The maximum Gasteiger partial charge on any atom is 0.143 e. The summed E-state index contributed by atoms with van der Waals surface area (Å²) in [5.74, 6) is 0. The lowest BCUT2D eigenvalue weighted by molar-refractivity contribution is 1.28. The number of hydrogen-bond acceptors (Lipinski definition) is 24. The van der Waals surface area contributed by atoms with Gasteiger partial charge in [-0.25, -0.2) is 59.8 Å². The molecule has 12 aromatic heterocycles. The normalized spacial score (nSPS) is 11.7. The van der Waals surface area contributed by atoms with Gasteiger partial charge in [0.1, 0.15) is 118 Å². The fourth-order valence-electron chi connectivity index (χ4n) is 5.56. The van der Waals surface area contributed by atoms with E-state index in [0.717, 1.165) is 118 Å². The first kappa shape index (κ1) is 37.3. The molecule has 0 bridgehead atoms. The van der Waals surface area contributed by atoms with Gasteiger partial charge in [0.15, 0.2) is 0 Å². The van der Waals surface area contributed by atoms with Crippen molar-refractivity contribution in [3.63, 3.8) is 0 Å². The van der Waals surface area contributed by atoms with Crippen LogP contribution in [-0.4, -0.2) is 59.8 Å². The highest BCUT2D eigenvalue weighted by Gasteiger charge is 2.20. The van der Waals surface area contributed by atoms with Gasteiger partial charge < -0.3 is 0 Å². The lowest BCUT2D eigenvalue weighted by Crippen LogP contribution is -1.83. The van der Waals surface area contributed by atoms with Gasteiger partial charge in [0, 0.05) is 70.8 Å². The Morgan fingerprint density at radius 1 is 0.233 bits per heavy atom. The Bertz CT molecular complexity index is 3160. The van der Waals surface area contributed by atoms with E-state index in [1.807, 2.05) is 70.1 Å². The van der Waals surface area contributed by atoms with Crippen LogP contribution in [0.3, 0.4) is 0 Å². The monoisotopic (exact) mass is 998 g/mol. The van der Waals surface area contributed by atoms with Gasteiger partial charge in [-0.15, -0.1) is 136 Å². The number of thiazole rings is 12. The van der Waals surface area contributed by atoms with Gasteiger partial charge in [0.25, 0.3) is 0 Å². The number of aromatic nitrogens is 12.